The van der Waals surface area contributed by atoms with E-state index in [1.165, 1.54) is 0 Å². The van der Waals surface area contributed by atoms with Crippen LogP contribution in [-0.2, 0) is 0 Å². The predicted octanol–water partition coefficient (Wildman–Crippen LogP) is 1.54. The largest absolute Gasteiger partial charge is 0.351 e. The zero-order valence-corrected chi connectivity index (χ0v) is 8.49. The fraction of sp³-hybridized carbons (Fsp3) is 0. The second-order valence-corrected chi connectivity index (χ2v) is 2.72. The van der Waals surface area contributed by atoms with E-state index in [0.29, 0.717) is 11.3 Å². The highest BCUT2D eigenvalue weighted by Crippen LogP contribution is 2.18. The number of fused-ring (bicyclic) bond motifs is 1. The molecular formula is C9H9ClN4O. The first kappa shape index (κ1) is 11.2. The maximum atomic E-state index is 10.7. The van der Waals surface area contributed by atoms with Crippen LogP contribution in [0.5, 0.6) is 0 Å². The van der Waals surface area contributed by atoms with Crippen LogP contribution in [0.3, 0.4) is 0 Å². The minimum absolute atomic E-state index is 0. The van der Waals surface area contributed by atoms with Gasteiger partial charge in [0.05, 0.1) is 5.69 Å². The smallest absolute Gasteiger partial charge is 0.316 e. The summed E-state index contributed by atoms with van der Waals surface area (Å²) in [7, 11) is 0. The average Bonchev–Trinajstić information content (AvgIpc) is 2.18. The van der Waals surface area contributed by atoms with E-state index >= 15 is 0 Å². The molecule has 0 radical (unpaired) electrons. The molecule has 0 saturated carbocycles. The minimum Gasteiger partial charge on any atom is -0.351 e. The lowest BCUT2D eigenvalue weighted by atomic mass is 10.2. The lowest BCUT2D eigenvalue weighted by Crippen LogP contribution is -2.19. The van der Waals surface area contributed by atoms with Gasteiger partial charge in [0.15, 0.2) is 5.65 Å². The molecule has 0 unspecified atom stereocenters. The second-order valence-electron chi connectivity index (χ2n) is 2.72. The van der Waals surface area contributed by atoms with Crippen molar-refractivity contribution in [3.63, 3.8) is 0 Å². The van der Waals surface area contributed by atoms with Crippen molar-refractivity contribution >= 4 is 35.2 Å². The van der Waals surface area contributed by atoms with Crippen LogP contribution >= 0.6 is 12.4 Å². The van der Waals surface area contributed by atoms with Crippen LogP contribution in [0.1, 0.15) is 0 Å². The van der Waals surface area contributed by atoms with E-state index in [1.54, 1.807) is 24.5 Å². The number of hydrogen-bond acceptors (Lipinski definition) is 3. The van der Waals surface area contributed by atoms with Gasteiger partial charge in [-0.25, -0.2) is 14.8 Å². The molecule has 0 spiro atoms. The Balaban J connectivity index is 0.00000112. The fourth-order valence-electron chi connectivity index (χ4n) is 1.22. The fourth-order valence-corrected chi connectivity index (χ4v) is 1.22. The first-order valence-electron chi connectivity index (χ1n) is 4.03. The molecule has 5 nitrogen and oxygen atoms in total. The van der Waals surface area contributed by atoms with Gasteiger partial charge in [-0.2, -0.15) is 0 Å². The minimum atomic E-state index is -0.596. The van der Waals surface area contributed by atoms with Gasteiger partial charge in [0.2, 0.25) is 0 Å². The third-order valence-electron chi connectivity index (χ3n) is 1.77. The molecule has 0 aliphatic carbocycles. The Morgan fingerprint density at radius 2 is 2.00 bits per heavy atom. The third kappa shape index (κ3) is 2.32. The average molecular weight is 225 g/mol. The summed E-state index contributed by atoms with van der Waals surface area (Å²) in [5, 5.41) is 3.28. The van der Waals surface area contributed by atoms with Crippen LogP contribution < -0.4 is 11.1 Å². The SMILES string of the molecule is Cl.NC(=O)Nc1ccnc2ncccc12. The predicted molar refractivity (Wildman–Crippen MR) is 60.0 cm³/mol. The normalized spacial score (nSPS) is 9.33. The Morgan fingerprint density at radius 1 is 1.27 bits per heavy atom. The van der Waals surface area contributed by atoms with Gasteiger partial charge >= 0.3 is 6.03 Å². The number of halogens is 1. The van der Waals surface area contributed by atoms with Crippen molar-refractivity contribution in [2.24, 2.45) is 5.73 Å². The van der Waals surface area contributed by atoms with Crippen molar-refractivity contribution in [1.29, 1.82) is 0 Å². The highest BCUT2D eigenvalue weighted by Gasteiger charge is 2.02. The number of primary amides is 1. The monoisotopic (exact) mass is 224 g/mol. The van der Waals surface area contributed by atoms with Gasteiger partial charge in [0.1, 0.15) is 0 Å². The molecule has 0 aromatic carbocycles. The quantitative estimate of drug-likeness (QED) is 0.771. The number of pyridine rings is 2. The van der Waals surface area contributed by atoms with Crippen molar-refractivity contribution in [1.82, 2.24) is 9.97 Å². The number of nitrogens with zero attached hydrogens (tertiary/aromatic N) is 2. The zero-order valence-electron chi connectivity index (χ0n) is 7.68. The number of nitrogens with two attached hydrogens (primary N) is 1. The van der Waals surface area contributed by atoms with E-state index in [9.17, 15) is 4.79 Å². The van der Waals surface area contributed by atoms with Crippen molar-refractivity contribution in [3.05, 3.63) is 30.6 Å². The molecular weight excluding hydrogens is 216 g/mol. The number of carbonyl (C=O) groups is 1. The first-order valence-corrected chi connectivity index (χ1v) is 4.03. The lowest BCUT2D eigenvalue weighted by molar-refractivity contribution is 0.259. The van der Waals surface area contributed by atoms with Crippen LogP contribution in [-0.4, -0.2) is 16.0 Å². The third-order valence-corrected chi connectivity index (χ3v) is 1.77. The lowest BCUT2D eigenvalue weighted by Gasteiger charge is -2.04. The van der Waals surface area contributed by atoms with Crippen molar-refractivity contribution in [2.45, 2.75) is 0 Å². The van der Waals surface area contributed by atoms with E-state index < -0.39 is 6.03 Å². The molecule has 0 aliphatic rings. The highest BCUT2D eigenvalue weighted by atomic mass is 35.5. The maximum absolute atomic E-state index is 10.7. The number of amides is 2. The Labute approximate surface area is 92.1 Å². The molecule has 3 N–H and O–H groups in total. The molecule has 0 fully saturated rings. The first-order chi connectivity index (χ1) is 6.77. The van der Waals surface area contributed by atoms with Gasteiger partial charge in [-0.3, -0.25) is 0 Å². The van der Waals surface area contributed by atoms with E-state index in [1.807, 2.05) is 6.07 Å². The molecule has 2 aromatic heterocycles. The summed E-state index contributed by atoms with van der Waals surface area (Å²) in [6.07, 6.45) is 3.21. The number of hydrogen-bond donors (Lipinski definition) is 2. The summed E-state index contributed by atoms with van der Waals surface area (Å²) in [5.41, 5.74) is 6.23. The second kappa shape index (κ2) is 4.56. The Kier molecular flexibility index (Phi) is 3.41. The van der Waals surface area contributed by atoms with E-state index in [2.05, 4.69) is 15.3 Å². The number of aromatic nitrogens is 2. The molecule has 0 saturated heterocycles. The van der Waals surface area contributed by atoms with Crippen LogP contribution in [0.2, 0.25) is 0 Å². The molecule has 2 amide bonds. The van der Waals surface area contributed by atoms with Crippen molar-refractivity contribution < 1.29 is 4.79 Å². The van der Waals surface area contributed by atoms with Crippen molar-refractivity contribution in [3.8, 4) is 0 Å². The summed E-state index contributed by atoms with van der Waals surface area (Å²) in [4.78, 5) is 18.8. The molecule has 0 bridgehead atoms. The number of carbonyl (C=O) groups excluding carboxylic acids is 1. The maximum Gasteiger partial charge on any atom is 0.316 e. The number of anilines is 1. The summed E-state index contributed by atoms with van der Waals surface area (Å²) in [6.45, 7) is 0. The topological polar surface area (TPSA) is 80.9 Å². The number of urea groups is 1. The zero-order chi connectivity index (χ0) is 9.97. The summed E-state index contributed by atoms with van der Waals surface area (Å²) >= 11 is 0. The molecule has 2 aromatic rings. The van der Waals surface area contributed by atoms with Crippen LogP contribution in [0.4, 0.5) is 10.5 Å². The van der Waals surface area contributed by atoms with Gasteiger partial charge in [0.25, 0.3) is 0 Å². The molecule has 2 heterocycles. The molecule has 0 atom stereocenters. The molecule has 15 heavy (non-hydrogen) atoms. The molecule has 78 valence electrons. The van der Waals surface area contributed by atoms with Crippen molar-refractivity contribution in [2.75, 3.05) is 5.32 Å². The summed E-state index contributed by atoms with van der Waals surface area (Å²) < 4.78 is 0. The van der Waals surface area contributed by atoms with Gasteiger partial charge in [-0.1, -0.05) is 0 Å². The van der Waals surface area contributed by atoms with Gasteiger partial charge in [-0.15, -0.1) is 12.4 Å². The van der Waals surface area contributed by atoms with Gasteiger partial charge in [0, 0.05) is 17.8 Å². The van der Waals surface area contributed by atoms with Gasteiger partial charge in [-0.05, 0) is 18.2 Å². The highest BCUT2D eigenvalue weighted by molar-refractivity contribution is 5.98. The van der Waals surface area contributed by atoms with Crippen LogP contribution in [0.15, 0.2) is 30.6 Å². The molecule has 2 rings (SSSR count). The number of rotatable bonds is 1. The number of nitrogens with one attached hydrogen (secondary N) is 1. The van der Waals surface area contributed by atoms with Gasteiger partial charge < -0.3 is 11.1 Å². The Morgan fingerprint density at radius 3 is 2.73 bits per heavy atom. The Hall–Kier alpha value is -1.88. The van der Waals surface area contributed by atoms with E-state index in [0.717, 1.165) is 5.39 Å². The van der Waals surface area contributed by atoms with E-state index in [4.69, 9.17) is 5.73 Å². The molecule has 0 aliphatic heterocycles. The standard InChI is InChI=1S/C9H8N4O.ClH/c10-9(14)13-7-3-5-12-8-6(7)2-1-4-11-8;/h1-5H,(H3,10,11,12,13,14);1H. The van der Waals surface area contributed by atoms with E-state index in [-0.39, 0.29) is 12.4 Å². The summed E-state index contributed by atoms with van der Waals surface area (Å²) in [5.74, 6) is 0. The van der Waals surface area contributed by atoms with Crippen LogP contribution in [0, 0.1) is 0 Å². The molecule has 6 heteroatoms. The van der Waals surface area contributed by atoms with Crippen LogP contribution in [0.25, 0.3) is 11.0 Å². The summed E-state index contributed by atoms with van der Waals surface area (Å²) in [6, 6.07) is 4.67. The Bertz CT molecular complexity index is 483.